The first-order valence-electron chi connectivity index (χ1n) is 4.31. The number of piperidine rings is 1. The summed E-state index contributed by atoms with van der Waals surface area (Å²) < 4.78 is 5.74. The first-order chi connectivity index (χ1) is 4.95. The van der Waals surface area contributed by atoms with Gasteiger partial charge in [-0.25, -0.2) is 0 Å². The molecule has 2 fully saturated rings. The van der Waals surface area contributed by atoms with Crippen molar-refractivity contribution in [3.8, 4) is 0 Å². The molecule has 2 aliphatic rings. The summed E-state index contributed by atoms with van der Waals surface area (Å²) in [6.07, 6.45) is 6.32. The highest BCUT2D eigenvalue weighted by atomic mass is 16.5. The van der Waals surface area contributed by atoms with Crippen LogP contribution in [0.4, 0.5) is 0 Å². The van der Waals surface area contributed by atoms with Crippen molar-refractivity contribution in [1.82, 2.24) is 5.32 Å². The molecule has 0 spiro atoms. The van der Waals surface area contributed by atoms with Gasteiger partial charge in [-0.15, -0.1) is 0 Å². The maximum atomic E-state index is 5.74. The van der Waals surface area contributed by atoms with Crippen LogP contribution in [0.25, 0.3) is 0 Å². The highest BCUT2D eigenvalue weighted by molar-refractivity contribution is 4.78. The predicted molar refractivity (Wildman–Crippen MR) is 40.0 cm³/mol. The fraction of sp³-hybridized carbons (Fsp3) is 1.00. The monoisotopic (exact) mass is 141 g/mol. The van der Waals surface area contributed by atoms with Gasteiger partial charge in [0.15, 0.2) is 0 Å². The van der Waals surface area contributed by atoms with Crippen LogP contribution in [0.2, 0.25) is 0 Å². The molecule has 58 valence electrons. The molecule has 1 aliphatic heterocycles. The van der Waals surface area contributed by atoms with Crippen LogP contribution in [-0.2, 0) is 4.74 Å². The lowest BCUT2D eigenvalue weighted by atomic mass is 10.1. The standard InChI is InChI=1S/C8H15NO/c1-2-8(6-9-5-1)10-7-3-4-7/h7-9H,1-6H2/t8-/m1/s1. The Morgan fingerprint density at radius 2 is 2.00 bits per heavy atom. The lowest BCUT2D eigenvalue weighted by Gasteiger charge is -2.22. The molecule has 0 aromatic carbocycles. The van der Waals surface area contributed by atoms with Crippen LogP contribution in [0.15, 0.2) is 0 Å². The van der Waals surface area contributed by atoms with Crippen LogP contribution in [0.3, 0.4) is 0 Å². The second kappa shape index (κ2) is 2.89. The Hall–Kier alpha value is -0.0800. The van der Waals surface area contributed by atoms with Gasteiger partial charge in [0.1, 0.15) is 0 Å². The minimum Gasteiger partial charge on any atom is -0.374 e. The molecule has 1 atom stereocenters. The van der Waals surface area contributed by atoms with Crippen LogP contribution in [0.1, 0.15) is 25.7 Å². The Kier molecular flexibility index (Phi) is 1.91. The zero-order chi connectivity index (χ0) is 6.81. The van der Waals surface area contributed by atoms with Gasteiger partial charge >= 0.3 is 0 Å². The highest BCUT2D eigenvalue weighted by Crippen LogP contribution is 2.26. The van der Waals surface area contributed by atoms with E-state index in [-0.39, 0.29) is 0 Å². The minimum absolute atomic E-state index is 0.529. The summed E-state index contributed by atoms with van der Waals surface area (Å²) in [5, 5.41) is 3.34. The van der Waals surface area contributed by atoms with Crippen LogP contribution in [0, 0.1) is 0 Å². The van der Waals surface area contributed by atoms with Gasteiger partial charge in [0, 0.05) is 6.54 Å². The second-order valence-electron chi connectivity index (χ2n) is 3.30. The highest BCUT2D eigenvalue weighted by Gasteiger charge is 2.26. The van der Waals surface area contributed by atoms with Gasteiger partial charge < -0.3 is 10.1 Å². The van der Waals surface area contributed by atoms with Crippen LogP contribution >= 0.6 is 0 Å². The van der Waals surface area contributed by atoms with Crippen molar-refractivity contribution in [2.45, 2.75) is 37.9 Å². The third kappa shape index (κ3) is 1.70. The molecule has 1 N–H and O–H groups in total. The van der Waals surface area contributed by atoms with Gasteiger partial charge in [-0.2, -0.15) is 0 Å². The molecule has 0 bridgehead atoms. The number of rotatable bonds is 2. The maximum Gasteiger partial charge on any atom is 0.0703 e. The van der Waals surface area contributed by atoms with Crippen LogP contribution in [-0.4, -0.2) is 25.3 Å². The lowest BCUT2D eigenvalue weighted by Crippen LogP contribution is -2.35. The molecule has 2 heteroatoms. The molecule has 10 heavy (non-hydrogen) atoms. The summed E-state index contributed by atoms with van der Waals surface area (Å²) in [4.78, 5) is 0. The Bertz CT molecular complexity index is 106. The van der Waals surface area contributed by atoms with E-state index in [0.717, 1.165) is 6.54 Å². The Morgan fingerprint density at radius 1 is 1.10 bits per heavy atom. The van der Waals surface area contributed by atoms with Crippen LogP contribution < -0.4 is 5.32 Å². The van der Waals surface area contributed by atoms with E-state index in [9.17, 15) is 0 Å². The second-order valence-corrected chi connectivity index (χ2v) is 3.30. The van der Waals surface area contributed by atoms with Gasteiger partial charge in [-0.3, -0.25) is 0 Å². The normalized spacial score (nSPS) is 34.2. The summed E-state index contributed by atoms with van der Waals surface area (Å²) in [7, 11) is 0. The van der Waals surface area contributed by atoms with Crippen molar-refractivity contribution < 1.29 is 4.74 Å². The Balaban J connectivity index is 1.69. The average molecular weight is 141 g/mol. The SMILES string of the molecule is C1CNC[C@H](OC2CC2)C1. The summed E-state index contributed by atoms with van der Waals surface area (Å²) in [5.41, 5.74) is 0. The number of ether oxygens (including phenoxy) is 1. The molecule has 0 unspecified atom stereocenters. The molecule has 0 aromatic rings. The summed E-state index contributed by atoms with van der Waals surface area (Å²) in [5.74, 6) is 0. The molecule has 0 aromatic heterocycles. The van der Waals surface area contributed by atoms with E-state index in [1.54, 1.807) is 0 Å². The Labute approximate surface area is 61.9 Å². The molecule has 1 saturated carbocycles. The van der Waals surface area contributed by atoms with Gasteiger partial charge in [0.05, 0.1) is 12.2 Å². The summed E-state index contributed by atoms with van der Waals surface area (Å²) >= 11 is 0. The van der Waals surface area contributed by atoms with Crippen molar-refractivity contribution >= 4 is 0 Å². The van der Waals surface area contributed by atoms with E-state index >= 15 is 0 Å². The van der Waals surface area contributed by atoms with E-state index in [2.05, 4.69) is 5.32 Å². The van der Waals surface area contributed by atoms with Crippen molar-refractivity contribution in [1.29, 1.82) is 0 Å². The molecular weight excluding hydrogens is 126 g/mol. The summed E-state index contributed by atoms with van der Waals surface area (Å²) in [6.45, 7) is 2.26. The fourth-order valence-electron chi connectivity index (χ4n) is 1.41. The fourth-order valence-corrected chi connectivity index (χ4v) is 1.41. The Morgan fingerprint density at radius 3 is 2.60 bits per heavy atom. The van der Waals surface area contributed by atoms with E-state index in [1.807, 2.05) is 0 Å². The third-order valence-electron chi connectivity index (χ3n) is 2.16. The topological polar surface area (TPSA) is 21.3 Å². The van der Waals surface area contributed by atoms with E-state index in [4.69, 9.17) is 4.74 Å². The number of hydrogen-bond donors (Lipinski definition) is 1. The van der Waals surface area contributed by atoms with Crippen LogP contribution in [0.5, 0.6) is 0 Å². The molecule has 1 saturated heterocycles. The molecule has 1 heterocycles. The maximum absolute atomic E-state index is 5.74. The van der Waals surface area contributed by atoms with Crippen molar-refractivity contribution in [3.05, 3.63) is 0 Å². The predicted octanol–water partition coefficient (Wildman–Crippen LogP) is 0.917. The van der Waals surface area contributed by atoms with Gasteiger partial charge in [0.2, 0.25) is 0 Å². The number of nitrogens with one attached hydrogen (secondary N) is 1. The molecule has 2 rings (SSSR count). The third-order valence-corrected chi connectivity index (χ3v) is 2.16. The molecule has 1 aliphatic carbocycles. The quantitative estimate of drug-likeness (QED) is 0.617. The number of hydrogen-bond acceptors (Lipinski definition) is 2. The largest absolute Gasteiger partial charge is 0.374 e. The molecule has 0 radical (unpaired) electrons. The van der Waals surface area contributed by atoms with E-state index < -0.39 is 0 Å². The smallest absolute Gasteiger partial charge is 0.0703 e. The first kappa shape index (κ1) is 6.62. The zero-order valence-corrected chi connectivity index (χ0v) is 6.31. The van der Waals surface area contributed by atoms with Gasteiger partial charge in [-0.05, 0) is 32.2 Å². The molecule has 2 nitrogen and oxygen atoms in total. The van der Waals surface area contributed by atoms with Gasteiger partial charge in [0.25, 0.3) is 0 Å². The lowest BCUT2D eigenvalue weighted by molar-refractivity contribution is 0.0249. The zero-order valence-electron chi connectivity index (χ0n) is 6.31. The minimum atomic E-state index is 0.529. The van der Waals surface area contributed by atoms with Gasteiger partial charge in [-0.1, -0.05) is 0 Å². The van der Waals surface area contributed by atoms with E-state index in [0.29, 0.717) is 12.2 Å². The average Bonchev–Trinajstić information content (AvgIpc) is 2.74. The van der Waals surface area contributed by atoms with Crippen molar-refractivity contribution in [2.24, 2.45) is 0 Å². The molecular formula is C8H15NO. The molecule has 0 amide bonds. The van der Waals surface area contributed by atoms with Crippen molar-refractivity contribution in [2.75, 3.05) is 13.1 Å². The van der Waals surface area contributed by atoms with E-state index in [1.165, 1.54) is 32.2 Å². The summed E-state index contributed by atoms with van der Waals surface area (Å²) in [6, 6.07) is 0. The first-order valence-corrected chi connectivity index (χ1v) is 4.31. The van der Waals surface area contributed by atoms with Crippen molar-refractivity contribution in [3.63, 3.8) is 0 Å².